The summed E-state index contributed by atoms with van der Waals surface area (Å²) < 4.78 is 10.3. The highest BCUT2D eigenvalue weighted by atomic mass is 32.1. The lowest BCUT2D eigenvalue weighted by Gasteiger charge is -2.09. The van der Waals surface area contributed by atoms with Gasteiger partial charge in [0.2, 0.25) is 0 Å². The molecule has 2 N–H and O–H groups in total. The van der Waals surface area contributed by atoms with Crippen LogP contribution in [0.25, 0.3) is 0 Å². The first-order chi connectivity index (χ1) is 12.1. The van der Waals surface area contributed by atoms with Crippen LogP contribution in [0.15, 0.2) is 53.6 Å². The summed E-state index contributed by atoms with van der Waals surface area (Å²) in [5.74, 6) is 1.42. The van der Waals surface area contributed by atoms with E-state index in [0.717, 1.165) is 22.7 Å². The third-order valence-corrected chi connectivity index (χ3v) is 3.44. The van der Waals surface area contributed by atoms with Crippen LogP contribution in [0, 0.1) is 11.3 Å². The summed E-state index contributed by atoms with van der Waals surface area (Å²) in [7, 11) is 1.62. The lowest BCUT2D eigenvalue weighted by molar-refractivity contribution is 0.368. The Balaban J connectivity index is 1.90. The number of thiocarbonyl (C=S) groups is 1. The molecule has 0 amide bonds. The number of anilines is 1. The lowest BCUT2D eigenvalue weighted by atomic mass is 10.1. The van der Waals surface area contributed by atoms with Crippen molar-refractivity contribution in [3.8, 4) is 17.6 Å². The molecule has 0 aliphatic rings. The molecule has 2 rings (SSSR count). The van der Waals surface area contributed by atoms with Gasteiger partial charge in [-0.25, -0.2) is 0 Å². The summed E-state index contributed by atoms with van der Waals surface area (Å²) >= 11 is 5.22. The van der Waals surface area contributed by atoms with Gasteiger partial charge in [0.05, 0.1) is 12.8 Å². The summed E-state index contributed by atoms with van der Waals surface area (Å²) in [6, 6.07) is 16.7. The highest BCUT2D eigenvalue weighted by Gasteiger charge is 2.01. The number of nitriles is 1. The first-order valence-electron chi connectivity index (χ1n) is 7.48. The van der Waals surface area contributed by atoms with Gasteiger partial charge in [0.1, 0.15) is 17.6 Å². The number of hydrogen-bond donors (Lipinski definition) is 2. The van der Waals surface area contributed by atoms with Crippen molar-refractivity contribution in [2.75, 3.05) is 19.0 Å². The second-order valence-corrected chi connectivity index (χ2v) is 5.37. The summed E-state index contributed by atoms with van der Waals surface area (Å²) in [4.78, 5) is 0. The smallest absolute Gasteiger partial charge is 0.191 e. The van der Waals surface area contributed by atoms with Gasteiger partial charge in [0, 0.05) is 5.69 Å². The largest absolute Gasteiger partial charge is 0.497 e. The van der Waals surface area contributed by atoms with Crippen LogP contribution in [-0.4, -0.2) is 24.5 Å². The van der Waals surface area contributed by atoms with E-state index in [1.165, 1.54) is 0 Å². The van der Waals surface area contributed by atoms with E-state index in [-0.39, 0.29) is 6.61 Å². The summed E-state index contributed by atoms with van der Waals surface area (Å²) in [6.45, 7) is 1.90. The van der Waals surface area contributed by atoms with E-state index in [1.54, 1.807) is 19.2 Å². The van der Waals surface area contributed by atoms with Gasteiger partial charge in [-0.15, -0.1) is 0 Å². The number of hydrogen-bond acceptors (Lipinski definition) is 5. The van der Waals surface area contributed by atoms with Crippen LogP contribution in [0.5, 0.6) is 11.5 Å². The fourth-order valence-corrected chi connectivity index (χ4v) is 2.10. The van der Waals surface area contributed by atoms with E-state index in [9.17, 15) is 0 Å². The Morgan fingerprint density at radius 1 is 1.12 bits per heavy atom. The minimum Gasteiger partial charge on any atom is -0.497 e. The standard InChI is InChI=1S/C18H18N4O2S/c1-13(14-3-7-17(8-4-14)24-12-11-19)21-22-18(25)20-15-5-9-16(23-2)10-6-15/h3-10H,12H2,1-2H3,(H2,20,22,25)/b21-13-. The van der Waals surface area contributed by atoms with Gasteiger partial charge in [-0.2, -0.15) is 10.4 Å². The molecule has 2 aromatic carbocycles. The molecule has 0 unspecified atom stereocenters. The lowest BCUT2D eigenvalue weighted by Crippen LogP contribution is -2.24. The maximum atomic E-state index is 8.50. The van der Waals surface area contributed by atoms with Crippen LogP contribution in [0.1, 0.15) is 12.5 Å². The number of nitrogens with one attached hydrogen (secondary N) is 2. The van der Waals surface area contributed by atoms with Crippen LogP contribution in [0.3, 0.4) is 0 Å². The highest BCUT2D eigenvalue weighted by Crippen LogP contribution is 2.15. The molecule has 2 aromatic rings. The third kappa shape index (κ3) is 5.79. The molecule has 6 nitrogen and oxygen atoms in total. The molecule has 25 heavy (non-hydrogen) atoms. The Labute approximate surface area is 152 Å². The van der Waals surface area contributed by atoms with Gasteiger partial charge in [-0.1, -0.05) is 0 Å². The van der Waals surface area contributed by atoms with E-state index in [4.69, 9.17) is 27.0 Å². The van der Waals surface area contributed by atoms with Crippen molar-refractivity contribution < 1.29 is 9.47 Å². The molecule has 7 heteroatoms. The number of benzene rings is 2. The maximum Gasteiger partial charge on any atom is 0.191 e. The van der Waals surface area contributed by atoms with Gasteiger partial charge in [-0.05, 0) is 73.2 Å². The highest BCUT2D eigenvalue weighted by molar-refractivity contribution is 7.80. The van der Waals surface area contributed by atoms with Crippen LogP contribution < -0.4 is 20.2 Å². The molecule has 0 atom stereocenters. The fourth-order valence-electron chi connectivity index (χ4n) is 1.94. The summed E-state index contributed by atoms with van der Waals surface area (Å²) in [5, 5.41) is 16.2. The van der Waals surface area contributed by atoms with E-state index < -0.39 is 0 Å². The van der Waals surface area contributed by atoms with Crippen molar-refractivity contribution in [1.29, 1.82) is 5.26 Å². The Kier molecular flexibility index (Phi) is 6.75. The second-order valence-electron chi connectivity index (χ2n) is 4.96. The molecule has 0 aromatic heterocycles. The van der Waals surface area contributed by atoms with Gasteiger partial charge in [0.25, 0.3) is 0 Å². The predicted molar refractivity (Wildman–Crippen MR) is 102 cm³/mol. The molecule has 0 saturated carbocycles. The zero-order chi connectivity index (χ0) is 18.1. The molecule has 0 heterocycles. The minimum atomic E-state index is 0.0271. The normalized spacial score (nSPS) is 10.5. The monoisotopic (exact) mass is 354 g/mol. The Bertz CT molecular complexity index is 780. The van der Waals surface area contributed by atoms with Gasteiger partial charge >= 0.3 is 0 Å². The Morgan fingerprint density at radius 3 is 2.36 bits per heavy atom. The van der Waals surface area contributed by atoms with Gasteiger partial charge < -0.3 is 14.8 Å². The number of hydrazone groups is 1. The predicted octanol–water partition coefficient (Wildman–Crippen LogP) is 3.31. The van der Waals surface area contributed by atoms with Gasteiger partial charge in [0.15, 0.2) is 11.7 Å². The van der Waals surface area contributed by atoms with Crippen molar-refractivity contribution in [3.63, 3.8) is 0 Å². The van der Waals surface area contributed by atoms with Crippen LogP contribution in [0.4, 0.5) is 5.69 Å². The quantitative estimate of drug-likeness (QED) is 0.471. The maximum absolute atomic E-state index is 8.50. The minimum absolute atomic E-state index is 0.0271. The average Bonchev–Trinajstić information content (AvgIpc) is 2.65. The van der Waals surface area contributed by atoms with Crippen molar-refractivity contribution in [3.05, 3.63) is 54.1 Å². The van der Waals surface area contributed by atoms with Crippen molar-refractivity contribution in [2.24, 2.45) is 5.10 Å². The van der Waals surface area contributed by atoms with Crippen LogP contribution in [-0.2, 0) is 0 Å². The molecule has 0 saturated heterocycles. The number of nitrogens with zero attached hydrogens (tertiary/aromatic N) is 2. The zero-order valence-electron chi connectivity index (χ0n) is 13.9. The average molecular weight is 354 g/mol. The SMILES string of the molecule is COc1ccc(NC(=S)N/N=C(/C)c2ccc(OCC#N)cc2)cc1. The number of methoxy groups -OCH3 is 1. The topological polar surface area (TPSA) is 78.7 Å². The van der Waals surface area contributed by atoms with Crippen LogP contribution in [0.2, 0.25) is 0 Å². The van der Waals surface area contributed by atoms with Crippen LogP contribution >= 0.6 is 12.2 Å². The molecular weight excluding hydrogens is 336 g/mol. The Hall–Kier alpha value is -3.11. The second kappa shape index (κ2) is 9.25. The first-order valence-corrected chi connectivity index (χ1v) is 7.88. The molecule has 0 spiro atoms. The van der Waals surface area contributed by atoms with Crippen molar-refractivity contribution in [2.45, 2.75) is 6.92 Å². The van der Waals surface area contributed by atoms with Crippen molar-refractivity contribution in [1.82, 2.24) is 5.43 Å². The Morgan fingerprint density at radius 2 is 1.76 bits per heavy atom. The number of rotatable bonds is 6. The molecule has 0 radical (unpaired) electrons. The fraction of sp³-hybridized carbons (Fsp3) is 0.167. The van der Waals surface area contributed by atoms with E-state index in [2.05, 4.69) is 15.8 Å². The summed E-state index contributed by atoms with van der Waals surface area (Å²) in [5.41, 5.74) is 5.34. The summed E-state index contributed by atoms with van der Waals surface area (Å²) in [6.07, 6.45) is 0. The molecule has 0 aliphatic heterocycles. The van der Waals surface area contributed by atoms with E-state index in [1.807, 2.05) is 49.4 Å². The molecular formula is C18H18N4O2S. The molecule has 0 aliphatic carbocycles. The first kappa shape index (κ1) is 18.2. The van der Waals surface area contributed by atoms with E-state index >= 15 is 0 Å². The molecule has 0 fully saturated rings. The van der Waals surface area contributed by atoms with Crippen molar-refractivity contribution >= 4 is 28.7 Å². The number of ether oxygens (including phenoxy) is 2. The van der Waals surface area contributed by atoms with E-state index in [0.29, 0.717) is 10.9 Å². The van der Waals surface area contributed by atoms with Gasteiger partial charge in [-0.3, -0.25) is 5.43 Å². The molecule has 128 valence electrons. The third-order valence-electron chi connectivity index (χ3n) is 3.25. The molecule has 0 bridgehead atoms. The zero-order valence-corrected chi connectivity index (χ0v) is 14.8.